The Morgan fingerprint density at radius 1 is 1.40 bits per heavy atom. The second-order valence-corrected chi connectivity index (χ2v) is 7.99. The number of amides is 1. The predicted molar refractivity (Wildman–Crippen MR) is 92.4 cm³/mol. The summed E-state index contributed by atoms with van der Waals surface area (Å²) in [5.41, 5.74) is 1.30. The van der Waals surface area contributed by atoms with Crippen molar-refractivity contribution in [3.05, 3.63) is 40.7 Å². The van der Waals surface area contributed by atoms with Crippen LogP contribution in [0.2, 0.25) is 5.02 Å². The highest BCUT2D eigenvalue weighted by Crippen LogP contribution is 2.40. The van der Waals surface area contributed by atoms with E-state index in [1.165, 1.54) is 0 Å². The normalized spacial score (nSPS) is 22.2. The number of hydrogen-bond acceptors (Lipinski definition) is 5. The molecule has 2 aliphatic heterocycles. The van der Waals surface area contributed by atoms with Crippen LogP contribution in [0.5, 0.6) is 11.5 Å². The third-order valence-corrected chi connectivity index (χ3v) is 5.93. The van der Waals surface area contributed by atoms with E-state index in [1.807, 2.05) is 13.2 Å². The second kappa shape index (κ2) is 6.34. The fraction of sp³-hybridized carbons (Fsp3) is 0.375. The van der Waals surface area contributed by atoms with Crippen LogP contribution in [0.25, 0.3) is 0 Å². The van der Waals surface area contributed by atoms with Crippen molar-refractivity contribution >= 4 is 28.3 Å². The minimum atomic E-state index is -0.961. The molecule has 7 nitrogen and oxygen atoms in total. The topological polar surface area (TPSA) is 73.7 Å². The number of rotatable bonds is 2. The van der Waals surface area contributed by atoms with E-state index in [-0.39, 0.29) is 18.7 Å². The Morgan fingerprint density at radius 3 is 3.00 bits per heavy atom. The molecule has 4 rings (SSSR count). The van der Waals surface area contributed by atoms with Crippen molar-refractivity contribution in [1.82, 2.24) is 14.7 Å². The SMILES string of the molecule is Cn1cc([C@@H]2C[S@](=O)CCN2C(=O)c2cc(Cl)c3c(c2)OCO3)cn1. The second-order valence-electron chi connectivity index (χ2n) is 5.96. The largest absolute Gasteiger partial charge is 0.454 e. The molecule has 2 atom stereocenters. The molecule has 3 heterocycles. The molecule has 1 aromatic carbocycles. The lowest BCUT2D eigenvalue weighted by molar-refractivity contribution is 0.0699. The van der Waals surface area contributed by atoms with E-state index in [0.717, 1.165) is 5.56 Å². The first-order valence-electron chi connectivity index (χ1n) is 7.76. The first-order chi connectivity index (χ1) is 12.0. The van der Waals surface area contributed by atoms with Gasteiger partial charge in [0.25, 0.3) is 5.91 Å². The van der Waals surface area contributed by atoms with Crippen LogP contribution in [0.1, 0.15) is 22.0 Å². The van der Waals surface area contributed by atoms with Crippen LogP contribution in [0, 0.1) is 0 Å². The number of benzene rings is 1. The lowest BCUT2D eigenvalue weighted by Gasteiger charge is -2.35. The van der Waals surface area contributed by atoms with E-state index < -0.39 is 10.8 Å². The number of aryl methyl sites for hydroxylation is 1. The molecule has 0 bridgehead atoms. The molecule has 0 aliphatic carbocycles. The Labute approximate surface area is 151 Å². The number of carbonyl (C=O) groups is 1. The summed E-state index contributed by atoms with van der Waals surface area (Å²) in [4.78, 5) is 14.8. The van der Waals surface area contributed by atoms with Crippen molar-refractivity contribution in [3.8, 4) is 11.5 Å². The number of carbonyl (C=O) groups excluding carboxylic acids is 1. The fourth-order valence-corrected chi connectivity index (χ4v) is 4.65. The van der Waals surface area contributed by atoms with Crippen LogP contribution in [-0.2, 0) is 17.8 Å². The molecule has 2 aromatic rings. The van der Waals surface area contributed by atoms with Crippen LogP contribution < -0.4 is 9.47 Å². The lowest BCUT2D eigenvalue weighted by Crippen LogP contribution is -2.44. The van der Waals surface area contributed by atoms with E-state index in [9.17, 15) is 9.00 Å². The van der Waals surface area contributed by atoms with Gasteiger partial charge in [-0.05, 0) is 12.1 Å². The third-order valence-electron chi connectivity index (χ3n) is 4.32. The maximum atomic E-state index is 13.1. The summed E-state index contributed by atoms with van der Waals surface area (Å²) >= 11 is 6.20. The Balaban J connectivity index is 1.68. The van der Waals surface area contributed by atoms with Gasteiger partial charge in [0.1, 0.15) is 0 Å². The average Bonchev–Trinajstić information content (AvgIpc) is 3.23. The highest BCUT2D eigenvalue weighted by Gasteiger charge is 2.33. The van der Waals surface area contributed by atoms with Gasteiger partial charge in [0.15, 0.2) is 11.5 Å². The fourth-order valence-electron chi connectivity index (χ4n) is 3.09. The molecule has 1 saturated heterocycles. The van der Waals surface area contributed by atoms with Gasteiger partial charge < -0.3 is 14.4 Å². The van der Waals surface area contributed by atoms with Gasteiger partial charge in [-0.1, -0.05) is 11.6 Å². The minimum Gasteiger partial charge on any atom is -0.454 e. The number of ether oxygens (including phenoxy) is 2. The smallest absolute Gasteiger partial charge is 0.254 e. The van der Waals surface area contributed by atoms with E-state index >= 15 is 0 Å². The lowest BCUT2D eigenvalue weighted by atomic mass is 10.1. The van der Waals surface area contributed by atoms with Gasteiger partial charge in [-0.25, -0.2) is 0 Å². The van der Waals surface area contributed by atoms with E-state index in [0.29, 0.717) is 40.1 Å². The quantitative estimate of drug-likeness (QED) is 0.792. The molecule has 1 fully saturated rings. The molecule has 0 radical (unpaired) electrons. The van der Waals surface area contributed by atoms with Gasteiger partial charge in [-0.3, -0.25) is 13.7 Å². The van der Waals surface area contributed by atoms with Crippen molar-refractivity contribution in [2.75, 3.05) is 24.8 Å². The first kappa shape index (κ1) is 16.4. The van der Waals surface area contributed by atoms with Crippen LogP contribution >= 0.6 is 11.6 Å². The molecule has 0 saturated carbocycles. The van der Waals surface area contributed by atoms with Gasteiger partial charge >= 0.3 is 0 Å². The van der Waals surface area contributed by atoms with Crippen molar-refractivity contribution < 1.29 is 18.5 Å². The molecule has 1 amide bonds. The Hall–Kier alpha value is -2.06. The summed E-state index contributed by atoms with van der Waals surface area (Å²) < 4.78 is 24.4. The minimum absolute atomic E-state index is 0.0910. The summed E-state index contributed by atoms with van der Waals surface area (Å²) in [6, 6.07) is 2.95. The van der Waals surface area contributed by atoms with Crippen LogP contribution in [0.3, 0.4) is 0 Å². The van der Waals surface area contributed by atoms with Crippen LogP contribution in [0.4, 0.5) is 0 Å². The van der Waals surface area contributed by atoms with Crippen molar-refractivity contribution in [2.45, 2.75) is 6.04 Å². The zero-order valence-corrected chi connectivity index (χ0v) is 15.0. The monoisotopic (exact) mass is 381 g/mol. The molecule has 2 aliphatic rings. The summed E-state index contributed by atoms with van der Waals surface area (Å²) in [5.74, 6) is 1.61. The number of aromatic nitrogens is 2. The van der Waals surface area contributed by atoms with Gasteiger partial charge in [0, 0.05) is 53.2 Å². The molecule has 0 N–H and O–H groups in total. The van der Waals surface area contributed by atoms with Gasteiger partial charge in [-0.2, -0.15) is 5.10 Å². The van der Waals surface area contributed by atoms with Gasteiger partial charge in [0.05, 0.1) is 17.3 Å². The molecular weight excluding hydrogens is 366 g/mol. The number of hydrogen-bond donors (Lipinski definition) is 0. The molecule has 9 heteroatoms. The van der Waals surface area contributed by atoms with E-state index in [4.69, 9.17) is 21.1 Å². The highest BCUT2D eigenvalue weighted by atomic mass is 35.5. The first-order valence-corrected chi connectivity index (χ1v) is 9.63. The standard InChI is InChI=1S/C16H16ClN3O4S/c1-19-7-11(6-18-19)13-8-25(22)3-2-20(13)16(21)10-4-12(17)15-14(5-10)23-9-24-15/h4-7,13H,2-3,8-9H2,1H3/t13-,25+/m0/s1. The molecule has 1 aromatic heterocycles. The Morgan fingerprint density at radius 2 is 2.24 bits per heavy atom. The maximum Gasteiger partial charge on any atom is 0.254 e. The van der Waals surface area contributed by atoms with Gasteiger partial charge in [0.2, 0.25) is 6.79 Å². The maximum absolute atomic E-state index is 13.1. The Bertz CT molecular complexity index is 869. The summed E-state index contributed by atoms with van der Waals surface area (Å²) in [5, 5.41) is 4.51. The van der Waals surface area contributed by atoms with Gasteiger partial charge in [-0.15, -0.1) is 0 Å². The third kappa shape index (κ3) is 3.00. The molecule has 0 unspecified atom stereocenters. The summed E-state index contributed by atoms with van der Waals surface area (Å²) in [7, 11) is 0.852. The van der Waals surface area contributed by atoms with E-state index in [1.54, 1.807) is 27.9 Å². The average molecular weight is 382 g/mol. The van der Waals surface area contributed by atoms with Crippen LogP contribution in [0.15, 0.2) is 24.5 Å². The summed E-state index contributed by atoms with van der Waals surface area (Å²) in [6.07, 6.45) is 3.56. The molecule has 132 valence electrons. The van der Waals surface area contributed by atoms with E-state index in [2.05, 4.69) is 5.10 Å². The predicted octanol–water partition coefficient (Wildman–Crippen LogP) is 1.75. The zero-order valence-electron chi connectivity index (χ0n) is 13.5. The molecule has 25 heavy (non-hydrogen) atoms. The number of nitrogens with zero attached hydrogens (tertiary/aromatic N) is 3. The number of fused-ring (bicyclic) bond motifs is 1. The molecule has 0 spiro atoms. The van der Waals surface area contributed by atoms with Crippen molar-refractivity contribution in [3.63, 3.8) is 0 Å². The Kier molecular flexibility index (Phi) is 4.16. The molecular formula is C16H16ClN3O4S. The number of halogens is 1. The highest BCUT2D eigenvalue weighted by molar-refractivity contribution is 7.85. The van der Waals surface area contributed by atoms with Crippen molar-refractivity contribution in [1.29, 1.82) is 0 Å². The summed E-state index contributed by atoms with van der Waals surface area (Å²) in [6.45, 7) is 0.505. The van der Waals surface area contributed by atoms with Crippen LogP contribution in [-0.4, -0.2) is 49.6 Å². The van der Waals surface area contributed by atoms with Crippen molar-refractivity contribution in [2.24, 2.45) is 7.05 Å². The zero-order chi connectivity index (χ0) is 17.6.